The summed E-state index contributed by atoms with van der Waals surface area (Å²) in [7, 11) is 2.21. The number of anilines is 1. The maximum atomic E-state index is 4.18. The van der Waals surface area contributed by atoms with Crippen LogP contribution in [0, 0.1) is 5.92 Å². The van der Waals surface area contributed by atoms with Crippen molar-refractivity contribution in [3.05, 3.63) is 5.01 Å². The number of hydrogen-bond acceptors (Lipinski definition) is 5. The molecule has 2 unspecified atom stereocenters. The number of nitrogens with one attached hydrogen (secondary N) is 1. The highest BCUT2D eigenvalue weighted by atomic mass is 32.1. The van der Waals surface area contributed by atoms with Gasteiger partial charge in [-0.2, -0.15) is 0 Å². The first-order valence-electron chi connectivity index (χ1n) is 6.46. The normalized spacial score (nSPS) is 23.6. The zero-order valence-corrected chi connectivity index (χ0v) is 11.8. The van der Waals surface area contributed by atoms with Crippen LogP contribution in [0.15, 0.2) is 0 Å². The average Bonchev–Trinajstić information content (AvgIpc) is 2.77. The van der Waals surface area contributed by atoms with E-state index >= 15 is 0 Å². The molecule has 5 heteroatoms. The highest BCUT2D eigenvalue weighted by Crippen LogP contribution is 2.23. The lowest BCUT2D eigenvalue weighted by molar-refractivity contribution is 0.197. The first kappa shape index (κ1) is 12.8. The largest absolute Gasteiger partial charge is 0.357 e. The van der Waals surface area contributed by atoms with Crippen molar-refractivity contribution in [2.75, 3.05) is 25.5 Å². The molecule has 0 aromatic carbocycles. The molecular weight excluding hydrogens is 232 g/mol. The number of aryl methyl sites for hydroxylation is 1. The molecule has 1 aromatic heterocycles. The average molecular weight is 254 g/mol. The van der Waals surface area contributed by atoms with E-state index in [-0.39, 0.29) is 0 Å². The Hall–Kier alpha value is -0.680. The summed E-state index contributed by atoms with van der Waals surface area (Å²) in [5.41, 5.74) is 0. The summed E-state index contributed by atoms with van der Waals surface area (Å²) in [6.45, 7) is 6.80. The summed E-state index contributed by atoms with van der Waals surface area (Å²) >= 11 is 1.68. The van der Waals surface area contributed by atoms with Gasteiger partial charge in [0.05, 0.1) is 0 Å². The first-order chi connectivity index (χ1) is 8.19. The summed E-state index contributed by atoms with van der Waals surface area (Å²) in [6.07, 6.45) is 3.60. The van der Waals surface area contributed by atoms with Crippen LogP contribution >= 0.6 is 11.3 Å². The molecule has 2 rings (SSSR count). The minimum Gasteiger partial charge on any atom is -0.357 e. The molecule has 0 saturated carbocycles. The molecule has 0 amide bonds. The molecule has 4 nitrogen and oxygen atoms in total. The van der Waals surface area contributed by atoms with Crippen LogP contribution in [0.25, 0.3) is 0 Å². The lowest BCUT2D eigenvalue weighted by atomic mass is 9.92. The zero-order valence-electron chi connectivity index (χ0n) is 10.9. The molecule has 96 valence electrons. The summed E-state index contributed by atoms with van der Waals surface area (Å²) in [5, 5.41) is 13.9. The van der Waals surface area contributed by atoms with Gasteiger partial charge in [-0.25, -0.2) is 0 Å². The van der Waals surface area contributed by atoms with E-state index in [1.54, 1.807) is 11.3 Å². The van der Waals surface area contributed by atoms with Crippen molar-refractivity contribution in [3.63, 3.8) is 0 Å². The molecule has 0 aliphatic carbocycles. The molecular formula is C12H22N4S. The Morgan fingerprint density at radius 1 is 1.53 bits per heavy atom. The Morgan fingerprint density at radius 3 is 3.00 bits per heavy atom. The number of aromatic nitrogens is 2. The zero-order chi connectivity index (χ0) is 12.3. The molecule has 0 bridgehead atoms. The summed E-state index contributed by atoms with van der Waals surface area (Å²) in [6, 6.07) is 0.482. The van der Waals surface area contributed by atoms with Crippen LogP contribution < -0.4 is 5.32 Å². The lowest BCUT2D eigenvalue weighted by Crippen LogP contribution is -2.39. The predicted molar refractivity (Wildman–Crippen MR) is 72.6 cm³/mol. The highest BCUT2D eigenvalue weighted by molar-refractivity contribution is 7.15. The van der Waals surface area contributed by atoms with E-state index < -0.39 is 0 Å². The molecule has 0 spiro atoms. The minimum absolute atomic E-state index is 0.482. The number of piperidine rings is 1. The summed E-state index contributed by atoms with van der Waals surface area (Å²) in [5.74, 6) is 0.725. The number of nitrogens with zero attached hydrogens (tertiary/aromatic N) is 3. The Morgan fingerprint density at radius 2 is 2.35 bits per heavy atom. The van der Waals surface area contributed by atoms with Gasteiger partial charge in [-0.15, -0.1) is 10.2 Å². The number of likely N-dealkylation sites (tertiary alicyclic amines) is 1. The summed E-state index contributed by atoms with van der Waals surface area (Å²) < 4.78 is 0. The Labute approximate surface area is 107 Å². The Kier molecular flexibility index (Phi) is 4.34. The second-order valence-electron chi connectivity index (χ2n) is 4.95. The van der Waals surface area contributed by atoms with E-state index in [2.05, 4.69) is 41.3 Å². The van der Waals surface area contributed by atoms with Crippen LogP contribution in [0.5, 0.6) is 0 Å². The molecule has 2 atom stereocenters. The van der Waals surface area contributed by atoms with Crippen molar-refractivity contribution < 1.29 is 0 Å². The van der Waals surface area contributed by atoms with Crippen molar-refractivity contribution in [1.29, 1.82) is 0 Å². The topological polar surface area (TPSA) is 41.1 Å². The van der Waals surface area contributed by atoms with Crippen LogP contribution in [-0.4, -0.2) is 41.3 Å². The fourth-order valence-corrected chi connectivity index (χ4v) is 3.16. The first-order valence-corrected chi connectivity index (χ1v) is 7.28. The molecule has 0 radical (unpaired) electrons. The third-order valence-corrected chi connectivity index (χ3v) is 4.49. The van der Waals surface area contributed by atoms with Gasteiger partial charge in [0.15, 0.2) is 0 Å². The Balaban J connectivity index is 1.89. The molecule has 1 aliphatic heterocycles. The molecule has 1 fully saturated rings. The van der Waals surface area contributed by atoms with Crippen molar-refractivity contribution in [2.24, 2.45) is 5.92 Å². The maximum Gasteiger partial charge on any atom is 0.205 e. The van der Waals surface area contributed by atoms with Crippen molar-refractivity contribution in [2.45, 2.75) is 39.2 Å². The molecule has 1 saturated heterocycles. The second kappa shape index (κ2) is 5.78. The van der Waals surface area contributed by atoms with Gasteiger partial charge in [-0.05, 0) is 45.7 Å². The monoisotopic (exact) mass is 254 g/mol. The van der Waals surface area contributed by atoms with Crippen molar-refractivity contribution in [3.8, 4) is 0 Å². The molecule has 17 heavy (non-hydrogen) atoms. The molecule has 1 aromatic rings. The minimum atomic E-state index is 0.482. The van der Waals surface area contributed by atoms with Crippen LogP contribution in [0.3, 0.4) is 0 Å². The SMILES string of the molecule is CCc1nnc(NC(C)C2CCCN(C)C2)s1. The third kappa shape index (κ3) is 3.39. The van der Waals surface area contributed by atoms with Crippen molar-refractivity contribution in [1.82, 2.24) is 15.1 Å². The van der Waals surface area contributed by atoms with Crippen molar-refractivity contribution >= 4 is 16.5 Å². The molecule has 2 heterocycles. The number of rotatable bonds is 4. The molecule has 1 N–H and O–H groups in total. The van der Waals surface area contributed by atoms with Gasteiger partial charge < -0.3 is 10.2 Å². The van der Waals surface area contributed by atoms with Gasteiger partial charge in [-0.1, -0.05) is 18.3 Å². The van der Waals surface area contributed by atoms with Crippen LogP contribution in [0.1, 0.15) is 31.7 Å². The van der Waals surface area contributed by atoms with Gasteiger partial charge in [0.25, 0.3) is 0 Å². The highest BCUT2D eigenvalue weighted by Gasteiger charge is 2.23. The van der Waals surface area contributed by atoms with Gasteiger partial charge in [0, 0.05) is 12.6 Å². The van der Waals surface area contributed by atoms with Crippen LogP contribution in [0.2, 0.25) is 0 Å². The molecule has 1 aliphatic rings. The third-order valence-electron chi connectivity index (χ3n) is 3.49. The van der Waals surface area contributed by atoms with Gasteiger partial charge in [-0.3, -0.25) is 0 Å². The quantitative estimate of drug-likeness (QED) is 0.894. The smallest absolute Gasteiger partial charge is 0.205 e. The van der Waals surface area contributed by atoms with Gasteiger partial charge >= 0.3 is 0 Å². The van der Waals surface area contributed by atoms with E-state index in [0.29, 0.717) is 6.04 Å². The van der Waals surface area contributed by atoms with E-state index in [1.165, 1.54) is 25.9 Å². The van der Waals surface area contributed by atoms with Crippen LogP contribution in [0.4, 0.5) is 5.13 Å². The van der Waals surface area contributed by atoms with E-state index in [9.17, 15) is 0 Å². The Bertz CT molecular complexity index is 352. The van der Waals surface area contributed by atoms with Gasteiger partial charge in [0.1, 0.15) is 5.01 Å². The van der Waals surface area contributed by atoms with Gasteiger partial charge in [0.2, 0.25) is 5.13 Å². The van der Waals surface area contributed by atoms with E-state index in [0.717, 1.165) is 22.5 Å². The predicted octanol–water partition coefficient (Wildman–Crippen LogP) is 2.24. The van der Waals surface area contributed by atoms with E-state index in [1.807, 2.05) is 0 Å². The lowest BCUT2D eigenvalue weighted by Gasteiger charge is -2.33. The fourth-order valence-electron chi connectivity index (χ4n) is 2.38. The second-order valence-corrected chi connectivity index (χ2v) is 6.01. The standard InChI is InChI=1S/C12H22N4S/c1-4-11-14-15-12(17-11)13-9(2)10-6-5-7-16(3)8-10/h9-10H,4-8H2,1-3H3,(H,13,15). The summed E-state index contributed by atoms with van der Waals surface area (Å²) in [4.78, 5) is 2.42. The van der Waals surface area contributed by atoms with E-state index in [4.69, 9.17) is 0 Å². The number of hydrogen-bond donors (Lipinski definition) is 1. The fraction of sp³-hybridized carbons (Fsp3) is 0.833. The van der Waals surface area contributed by atoms with Crippen LogP contribution in [-0.2, 0) is 6.42 Å². The maximum absolute atomic E-state index is 4.18.